The molecule has 2 aromatic rings. The van der Waals surface area contributed by atoms with Gasteiger partial charge in [-0.1, -0.05) is 18.2 Å². The standard InChI is InChI=1S/C15H15FN2O3S/c1-18(10-12-4-2-3-5-14(12)16)15(19)11-6-8-13(9-7-11)22(17,20)21/h2-9H,10H2,1H3,(H2,17,20,21). The monoisotopic (exact) mass is 322 g/mol. The largest absolute Gasteiger partial charge is 0.337 e. The zero-order valence-electron chi connectivity index (χ0n) is 11.9. The molecule has 0 atom stereocenters. The van der Waals surface area contributed by atoms with Crippen LogP contribution in [0.3, 0.4) is 0 Å². The van der Waals surface area contributed by atoms with E-state index in [0.29, 0.717) is 11.1 Å². The fourth-order valence-corrected chi connectivity index (χ4v) is 2.48. The normalized spacial score (nSPS) is 11.2. The molecule has 0 aliphatic heterocycles. The summed E-state index contributed by atoms with van der Waals surface area (Å²) in [5, 5.41) is 5.00. The second-order valence-corrected chi connectivity index (χ2v) is 6.38. The predicted molar refractivity (Wildman–Crippen MR) is 80.0 cm³/mol. The van der Waals surface area contributed by atoms with Crippen molar-refractivity contribution in [2.45, 2.75) is 11.4 Å². The van der Waals surface area contributed by atoms with Gasteiger partial charge in [-0.05, 0) is 30.3 Å². The lowest BCUT2D eigenvalue weighted by Gasteiger charge is -2.17. The molecule has 22 heavy (non-hydrogen) atoms. The first-order valence-electron chi connectivity index (χ1n) is 6.41. The summed E-state index contributed by atoms with van der Waals surface area (Å²) in [6, 6.07) is 11.5. The Morgan fingerprint density at radius 3 is 2.27 bits per heavy atom. The third-order valence-electron chi connectivity index (χ3n) is 3.14. The van der Waals surface area contributed by atoms with Gasteiger partial charge in [0.2, 0.25) is 10.0 Å². The number of nitrogens with two attached hydrogens (primary N) is 1. The van der Waals surface area contributed by atoms with Crippen LogP contribution in [0.4, 0.5) is 4.39 Å². The lowest BCUT2D eigenvalue weighted by Crippen LogP contribution is -2.26. The molecule has 0 saturated heterocycles. The molecular formula is C15H15FN2O3S. The summed E-state index contributed by atoms with van der Waals surface area (Å²) >= 11 is 0. The van der Waals surface area contributed by atoms with Crippen molar-refractivity contribution >= 4 is 15.9 Å². The first-order chi connectivity index (χ1) is 10.3. The summed E-state index contributed by atoms with van der Waals surface area (Å²) in [6.45, 7) is 0.114. The molecule has 2 aromatic carbocycles. The van der Waals surface area contributed by atoms with Gasteiger partial charge in [-0.25, -0.2) is 17.9 Å². The molecule has 5 nitrogen and oxygen atoms in total. The van der Waals surface area contributed by atoms with Crippen molar-refractivity contribution in [3.8, 4) is 0 Å². The molecule has 116 valence electrons. The van der Waals surface area contributed by atoms with Crippen LogP contribution in [-0.2, 0) is 16.6 Å². The number of rotatable bonds is 4. The first-order valence-corrected chi connectivity index (χ1v) is 7.95. The van der Waals surface area contributed by atoms with E-state index in [4.69, 9.17) is 5.14 Å². The minimum absolute atomic E-state index is 0.0687. The summed E-state index contributed by atoms with van der Waals surface area (Å²) in [4.78, 5) is 13.5. The Balaban J connectivity index is 2.16. The number of halogens is 1. The Bertz CT molecular complexity index is 789. The molecule has 2 rings (SSSR count). The maximum Gasteiger partial charge on any atom is 0.253 e. The summed E-state index contributed by atoms with van der Waals surface area (Å²) in [6.07, 6.45) is 0. The number of hydrogen-bond donors (Lipinski definition) is 1. The molecule has 0 radical (unpaired) electrons. The fourth-order valence-electron chi connectivity index (χ4n) is 1.96. The van der Waals surface area contributed by atoms with Gasteiger partial charge in [-0.3, -0.25) is 4.79 Å². The van der Waals surface area contributed by atoms with Crippen molar-refractivity contribution in [2.24, 2.45) is 5.14 Å². The van der Waals surface area contributed by atoms with Crippen LogP contribution in [0.2, 0.25) is 0 Å². The third-order valence-corrected chi connectivity index (χ3v) is 4.07. The van der Waals surface area contributed by atoms with Crippen molar-refractivity contribution in [2.75, 3.05) is 7.05 Å². The molecule has 0 aliphatic rings. The van der Waals surface area contributed by atoms with Gasteiger partial charge in [0.05, 0.1) is 4.90 Å². The zero-order valence-corrected chi connectivity index (χ0v) is 12.7. The smallest absolute Gasteiger partial charge is 0.253 e. The van der Waals surface area contributed by atoms with Crippen LogP contribution in [0.5, 0.6) is 0 Å². The van der Waals surface area contributed by atoms with Crippen LogP contribution in [0.25, 0.3) is 0 Å². The number of sulfonamides is 1. The van der Waals surface area contributed by atoms with E-state index in [9.17, 15) is 17.6 Å². The van der Waals surface area contributed by atoms with Crippen LogP contribution >= 0.6 is 0 Å². The van der Waals surface area contributed by atoms with E-state index in [1.807, 2.05) is 0 Å². The van der Waals surface area contributed by atoms with Crippen LogP contribution in [0.1, 0.15) is 15.9 Å². The van der Waals surface area contributed by atoms with Crippen LogP contribution < -0.4 is 5.14 Å². The number of carbonyl (C=O) groups is 1. The first kappa shape index (κ1) is 16.1. The van der Waals surface area contributed by atoms with Crippen LogP contribution in [-0.4, -0.2) is 26.3 Å². The Labute approximate surface area is 128 Å². The molecular weight excluding hydrogens is 307 g/mol. The van der Waals surface area contributed by atoms with E-state index in [0.717, 1.165) is 0 Å². The van der Waals surface area contributed by atoms with Crippen LogP contribution in [0, 0.1) is 5.82 Å². The highest BCUT2D eigenvalue weighted by Gasteiger charge is 2.15. The molecule has 0 aliphatic carbocycles. The summed E-state index contributed by atoms with van der Waals surface area (Å²) in [7, 11) is -2.25. The highest BCUT2D eigenvalue weighted by atomic mass is 32.2. The lowest BCUT2D eigenvalue weighted by molar-refractivity contribution is 0.0783. The number of benzene rings is 2. The van der Waals surface area contributed by atoms with Gasteiger partial charge in [0, 0.05) is 24.7 Å². The van der Waals surface area contributed by atoms with E-state index in [1.165, 1.54) is 35.2 Å². The van der Waals surface area contributed by atoms with Gasteiger partial charge in [-0.2, -0.15) is 0 Å². The molecule has 0 aromatic heterocycles. The average molecular weight is 322 g/mol. The Morgan fingerprint density at radius 2 is 1.73 bits per heavy atom. The Kier molecular flexibility index (Phi) is 4.58. The van der Waals surface area contributed by atoms with E-state index < -0.39 is 10.0 Å². The third kappa shape index (κ3) is 3.69. The summed E-state index contributed by atoms with van der Waals surface area (Å²) < 4.78 is 35.9. The van der Waals surface area contributed by atoms with Gasteiger partial charge in [0.25, 0.3) is 5.91 Å². The number of nitrogens with zero attached hydrogens (tertiary/aromatic N) is 1. The molecule has 0 bridgehead atoms. The Morgan fingerprint density at radius 1 is 1.14 bits per heavy atom. The van der Waals surface area contributed by atoms with E-state index in [1.54, 1.807) is 25.2 Å². The van der Waals surface area contributed by atoms with Crippen molar-refractivity contribution in [3.05, 3.63) is 65.5 Å². The van der Waals surface area contributed by atoms with E-state index in [2.05, 4.69) is 0 Å². The molecule has 0 spiro atoms. The highest BCUT2D eigenvalue weighted by molar-refractivity contribution is 7.89. The molecule has 0 saturated carbocycles. The van der Waals surface area contributed by atoms with Crippen molar-refractivity contribution in [1.29, 1.82) is 0 Å². The highest BCUT2D eigenvalue weighted by Crippen LogP contribution is 2.13. The molecule has 0 heterocycles. The van der Waals surface area contributed by atoms with E-state index >= 15 is 0 Å². The van der Waals surface area contributed by atoms with Gasteiger partial charge in [0.1, 0.15) is 5.82 Å². The maximum atomic E-state index is 13.6. The number of hydrogen-bond acceptors (Lipinski definition) is 3. The molecule has 0 unspecified atom stereocenters. The lowest BCUT2D eigenvalue weighted by atomic mass is 10.1. The molecule has 1 amide bonds. The fraction of sp³-hybridized carbons (Fsp3) is 0.133. The van der Waals surface area contributed by atoms with Gasteiger partial charge in [-0.15, -0.1) is 0 Å². The molecule has 7 heteroatoms. The summed E-state index contributed by atoms with van der Waals surface area (Å²) in [5.74, 6) is -0.726. The SMILES string of the molecule is CN(Cc1ccccc1F)C(=O)c1ccc(S(N)(=O)=O)cc1. The zero-order chi connectivity index (χ0) is 16.3. The topological polar surface area (TPSA) is 80.5 Å². The van der Waals surface area contributed by atoms with Gasteiger partial charge in [0.15, 0.2) is 0 Å². The summed E-state index contributed by atoms with van der Waals surface area (Å²) in [5.41, 5.74) is 0.700. The number of primary sulfonamides is 1. The average Bonchev–Trinajstić information content (AvgIpc) is 2.48. The minimum Gasteiger partial charge on any atom is -0.337 e. The quantitative estimate of drug-likeness (QED) is 0.931. The van der Waals surface area contributed by atoms with Crippen molar-refractivity contribution in [3.63, 3.8) is 0 Å². The second kappa shape index (κ2) is 6.25. The van der Waals surface area contributed by atoms with Crippen molar-refractivity contribution < 1.29 is 17.6 Å². The molecule has 0 fully saturated rings. The number of amides is 1. The molecule has 2 N–H and O–H groups in total. The number of carbonyl (C=O) groups excluding carboxylic acids is 1. The van der Waals surface area contributed by atoms with E-state index in [-0.39, 0.29) is 23.2 Å². The van der Waals surface area contributed by atoms with Crippen molar-refractivity contribution in [1.82, 2.24) is 4.90 Å². The maximum absolute atomic E-state index is 13.6. The minimum atomic E-state index is -3.79. The second-order valence-electron chi connectivity index (χ2n) is 4.82. The van der Waals surface area contributed by atoms with Gasteiger partial charge >= 0.3 is 0 Å². The van der Waals surface area contributed by atoms with Crippen LogP contribution in [0.15, 0.2) is 53.4 Å². The predicted octanol–water partition coefficient (Wildman–Crippen LogP) is 1.75. The van der Waals surface area contributed by atoms with Gasteiger partial charge < -0.3 is 4.90 Å². The Hall–Kier alpha value is -2.25.